The summed E-state index contributed by atoms with van der Waals surface area (Å²) in [4.78, 5) is 12.5. The molecule has 1 aromatic carbocycles. The Labute approximate surface area is 153 Å². The number of nitrogens with zero attached hydrogens (tertiary/aromatic N) is 3. The number of hydrogen-bond donors (Lipinski definition) is 1. The number of carbonyl (C=O) groups is 1. The first-order chi connectivity index (χ1) is 12.1. The Morgan fingerprint density at radius 1 is 1.32 bits per heavy atom. The fourth-order valence-electron chi connectivity index (χ4n) is 2.93. The van der Waals surface area contributed by atoms with Crippen LogP contribution in [0, 0.1) is 0 Å². The summed E-state index contributed by atoms with van der Waals surface area (Å²) >= 11 is 1.48. The smallest absolute Gasteiger partial charge is 0.233 e. The van der Waals surface area contributed by atoms with Gasteiger partial charge in [0.1, 0.15) is 5.82 Å². The quantitative estimate of drug-likeness (QED) is 0.734. The van der Waals surface area contributed by atoms with Crippen molar-refractivity contribution in [2.75, 3.05) is 6.54 Å². The average molecular weight is 359 g/mol. The number of thioether (sulfide) groups is 1. The van der Waals surface area contributed by atoms with Crippen LogP contribution in [0.3, 0.4) is 0 Å². The Kier molecular flexibility index (Phi) is 5.78. The van der Waals surface area contributed by atoms with Crippen LogP contribution < -0.4 is 5.32 Å². The molecule has 1 fully saturated rings. The molecule has 0 unspecified atom stereocenters. The molecule has 0 saturated heterocycles. The molecule has 0 spiro atoms. The van der Waals surface area contributed by atoms with Gasteiger partial charge in [-0.3, -0.25) is 4.79 Å². The molecular formula is C19H26N4OS. The summed E-state index contributed by atoms with van der Waals surface area (Å²) in [5, 5.41) is 12.3. The van der Waals surface area contributed by atoms with Crippen molar-refractivity contribution in [2.45, 2.75) is 55.4 Å². The van der Waals surface area contributed by atoms with Crippen molar-refractivity contribution < 1.29 is 4.79 Å². The second-order valence-electron chi connectivity index (χ2n) is 6.70. The first-order valence-corrected chi connectivity index (χ1v) is 9.86. The molecule has 1 aliphatic carbocycles. The van der Waals surface area contributed by atoms with Crippen LogP contribution in [0.5, 0.6) is 0 Å². The number of benzene rings is 1. The van der Waals surface area contributed by atoms with Gasteiger partial charge in [-0.05, 0) is 31.7 Å². The maximum Gasteiger partial charge on any atom is 0.233 e. The van der Waals surface area contributed by atoms with Gasteiger partial charge >= 0.3 is 0 Å². The molecule has 2 atom stereocenters. The summed E-state index contributed by atoms with van der Waals surface area (Å²) in [5.41, 5.74) is 1.27. The predicted octanol–water partition coefficient (Wildman–Crippen LogP) is 3.48. The molecule has 1 aromatic heterocycles. The fourth-order valence-corrected chi connectivity index (χ4v) is 3.77. The van der Waals surface area contributed by atoms with E-state index in [0.29, 0.717) is 18.4 Å². The highest BCUT2D eigenvalue weighted by Crippen LogP contribution is 2.39. The molecule has 0 aliphatic heterocycles. The van der Waals surface area contributed by atoms with Gasteiger partial charge in [0.2, 0.25) is 5.91 Å². The molecule has 25 heavy (non-hydrogen) atoms. The number of rotatable bonds is 8. The zero-order valence-corrected chi connectivity index (χ0v) is 15.9. The van der Waals surface area contributed by atoms with Crippen LogP contribution in [0.4, 0.5) is 0 Å². The zero-order valence-electron chi connectivity index (χ0n) is 15.1. The second-order valence-corrected chi connectivity index (χ2v) is 8.00. The SMILES string of the molecule is CC[C@@H](CNC(=O)[C@@H](C)Sc1nnc(C2CC2)n1C)c1ccccc1. The molecule has 2 aromatic rings. The van der Waals surface area contributed by atoms with Crippen molar-refractivity contribution in [3.63, 3.8) is 0 Å². The van der Waals surface area contributed by atoms with Gasteiger partial charge in [0.15, 0.2) is 5.16 Å². The number of carbonyl (C=O) groups excluding carboxylic acids is 1. The van der Waals surface area contributed by atoms with Crippen LogP contribution in [0.2, 0.25) is 0 Å². The van der Waals surface area contributed by atoms with Crippen LogP contribution in [0.1, 0.15) is 56.3 Å². The van der Waals surface area contributed by atoms with E-state index in [2.05, 4.69) is 34.6 Å². The monoisotopic (exact) mass is 358 g/mol. The third-order valence-electron chi connectivity index (χ3n) is 4.75. The minimum atomic E-state index is -0.191. The number of nitrogens with one attached hydrogen (secondary N) is 1. The number of hydrogen-bond acceptors (Lipinski definition) is 4. The maximum atomic E-state index is 12.5. The number of amides is 1. The van der Waals surface area contributed by atoms with Gasteiger partial charge in [-0.25, -0.2) is 0 Å². The fraction of sp³-hybridized carbons (Fsp3) is 0.526. The van der Waals surface area contributed by atoms with Gasteiger partial charge in [0, 0.05) is 25.4 Å². The van der Waals surface area contributed by atoms with Crippen molar-refractivity contribution in [1.29, 1.82) is 0 Å². The lowest BCUT2D eigenvalue weighted by molar-refractivity contribution is -0.120. The van der Waals surface area contributed by atoms with Gasteiger partial charge in [-0.2, -0.15) is 0 Å². The van der Waals surface area contributed by atoms with Crippen molar-refractivity contribution in [3.8, 4) is 0 Å². The standard InChI is InChI=1S/C19H26N4OS/c1-4-14(15-8-6-5-7-9-15)12-20-18(24)13(2)25-19-22-21-17(23(19)3)16-10-11-16/h5-9,13-14,16H,4,10-12H2,1-3H3,(H,20,24)/t13-,14+/m1/s1. The number of aromatic nitrogens is 3. The summed E-state index contributed by atoms with van der Waals surface area (Å²) in [7, 11) is 1.99. The average Bonchev–Trinajstić information content (AvgIpc) is 3.41. The van der Waals surface area contributed by atoms with Crippen molar-refractivity contribution >= 4 is 17.7 Å². The van der Waals surface area contributed by atoms with Gasteiger partial charge in [0.05, 0.1) is 5.25 Å². The Morgan fingerprint density at radius 2 is 2.04 bits per heavy atom. The van der Waals surface area contributed by atoms with E-state index in [4.69, 9.17) is 0 Å². The lowest BCUT2D eigenvalue weighted by atomic mass is 9.96. The van der Waals surface area contributed by atoms with Crippen LogP contribution in [-0.4, -0.2) is 32.5 Å². The Morgan fingerprint density at radius 3 is 2.68 bits per heavy atom. The van der Waals surface area contributed by atoms with Crippen LogP contribution in [-0.2, 0) is 11.8 Å². The first kappa shape index (κ1) is 18.0. The van der Waals surface area contributed by atoms with E-state index >= 15 is 0 Å². The molecule has 1 saturated carbocycles. The van der Waals surface area contributed by atoms with Gasteiger partial charge in [-0.15, -0.1) is 10.2 Å². The summed E-state index contributed by atoms with van der Waals surface area (Å²) in [6.07, 6.45) is 3.40. The van der Waals surface area contributed by atoms with E-state index in [1.165, 1.54) is 30.2 Å². The van der Waals surface area contributed by atoms with E-state index < -0.39 is 0 Å². The predicted molar refractivity (Wildman–Crippen MR) is 101 cm³/mol. The molecule has 3 rings (SSSR count). The summed E-state index contributed by atoms with van der Waals surface area (Å²) in [5.74, 6) is 2.01. The normalized spacial score (nSPS) is 16.4. The topological polar surface area (TPSA) is 59.8 Å². The highest BCUT2D eigenvalue weighted by molar-refractivity contribution is 8.00. The van der Waals surface area contributed by atoms with E-state index in [1.807, 2.05) is 36.7 Å². The van der Waals surface area contributed by atoms with E-state index in [0.717, 1.165) is 17.4 Å². The van der Waals surface area contributed by atoms with E-state index in [-0.39, 0.29) is 11.2 Å². The van der Waals surface area contributed by atoms with Crippen molar-refractivity contribution in [2.24, 2.45) is 7.05 Å². The lowest BCUT2D eigenvalue weighted by Gasteiger charge is -2.18. The molecule has 5 nitrogen and oxygen atoms in total. The van der Waals surface area contributed by atoms with E-state index in [9.17, 15) is 4.79 Å². The van der Waals surface area contributed by atoms with Gasteiger partial charge in [-0.1, -0.05) is 49.0 Å². The first-order valence-electron chi connectivity index (χ1n) is 8.98. The molecular weight excluding hydrogens is 332 g/mol. The van der Waals surface area contributed by atoms with Crippen LogP contribution in [0.25, 0.3) is 0 Å². The lowest BCUT2D eigenvalue weighted by Crippen LogP contribution is -2.34. The summed E-state index contributed by atoms with van der Waals surface area (Å²) < 4.78 is 2.03. The molecule has 1 amide bonds. The summed E-state index contributed by atoms with van der Waals surface area (Å²) in [6.45, 7) is 4.74. The third-order valence-corrected chi connectivity index (χ3v) is 5.88. The highest BCUT2D eigenvalue weighted by Gasteiger charge is 2.30. The summed E-state index contributed by atoms with van der Waals surface area (Å²) in [6, 6.07) is 10.4. The molecule has 1 aliphatic rings. The molecule has 134 valence electrons. The molecule has 1 N–H and O–H groups in total. The molecule has 0 bridgehead atoms. The highest BCUT2D eigenvalue weighted by atomic mass is 32.2. The second kappa shape index (κ2) is 8.04. The van der Waals surface area contributed by atoms with Gasteiger partial charge in [0.25, 0.3) is 0 Å². The zero-order chi connectivity index (χ0) is 17.8. The van der Waals surface area contributed by atoms with Crippen molar-refractivity contribution in [3.05, 3.63) is 41.7 Å². The molecule has 1 heterocycles. The largest absolute Gasteiger partial charge is 0.355 e. The maximum absolute atomic E-state index is 12.5. The van der Waals surface area contributed by atoms with Crippen molar-refractivity contribution in [1.82, 2.24) is 20.1 Å². The Balaban J connectivity index is 1.53. The minimum absolute atomic E-state index is 0.0513. The van der Waals surface area contributed by atoms with Gasteiger partial charge < -0.3 is 9.88 Å². The molecule has 0 radical (unpaired) electrons. The molecule has 6 heteroatoms. The van der Waals surface area contributed by atoms with E-state index in [1.54, 1.807) is 0 Å². The minimum Gasteiger partial charge on any atom is -0.355 e. The Hall–Kier alpha value is -1.82. The third kappa shape index (κ3) is 4.42. The van der Waals surface area contributed by atoms with Crippen LogP contribution >= 0.6 is 11.8 Å². The van der Waals surface area contributed by atoms with Crippen LogP contribution in [0.15, 0.2) is 35.5 Å². The Bertz CT molecular complexity index is 711.